The van der Waals surface area contributed by atoms with E-state index in [4.69, 9.17) is 0 Å². The third kappa shape index (κ3) is 2.00. The van der Waals surface area contributed by atoms with Crippen molar-refractivity contribution in [3.8, 4) is 0 Å². The van der Waals surface area contributed by atoms with Crippen molar-refractivity contribution >= 4 is 12.1 Å². The summed E-state index contributed by atoms with van der Waals surface area (Å²) in [4.78, 5) is 0.740. The van der Waals surface area contributed by atoms with Gasteiger partial charge in [-0.1, -0.05) is 13.0 Å². The Morgan fingerprint density at radius 2 is 2.10 bits per heavy atom. The molecule has 3 aliphatic rings. The van der Waals surface area contributed by atoms with Crippen molar-refractivity contribution < 1.29 is 8.99 Å². The molecule has 4 rings (SSSR count). The Bertz CT molecular complexity index is 560. The van der Waals surface area contributed by atoms with Gasteiger partial charge in [0.05, 0.1) is 18.3 Å². The molecule has 0 heterocycles. The lowest BCUT2D eigenvalue weighted by molar-refractivity contribution is -0.0226. The Balaban J connectivity index is 1.68. The molecule has 2 saturated carbocycles. The molecule has 2 fully saturated rings. The number of hydrogen-bond acceptors (Lipinski definition) is 2. The second-order valence-corrected chi connectivity index (χ2v) is 8.12. The SMILES string of the molecule is CC12CC[C@@H]3c4ccc(SF)cc4CCC3[C@@H]1CCC2O. The maximum absolute atomic E-state index is 12.8. The number of rotatable bonds is 1. The molecule has 3 unspecified atom stereocenters. The molecule has 3 aliphatic carbocycles. The molecule has 21 heavy (non-hydrogen) atoms. The summed E-state index contributed by atoms with van der Waals surface area (Å²) in [5.74, 6) is 2.03. The van der Waals surface area contributed by atoms with Crippen molar-refractivity contribution in [1.29, 1.82) is 0 Å². The predicted octanol–water partition coefficient (Wildman–Crippen LogP) is 4.88. The monoisotopic (exact) mass is 306 g/mol. The van der Waals surface area contributed by atoms with Crippen LogP contribution < -0.4 is 0 Å². The van der Waals surface area contributed by atoms with Gasteiger partial charge in [0.1, 0.15) is 0 Å². The number of aryl methyl sites for hydroxylation is 1. The number of fused-ring (bicyclic) bond motifs is 5. The molecule has 3 heteroatoms. The minimum absolute atomic E-state index is 0.102. The summed E-state index contributed by atoms with van der Waals surface area (Å²) in [6.45, 7) is 2.31. The predicted molar refractivity (Wildman–Crippen MR) is 84.0 cm³/mol. The highest BCUT2D eigenvalue weighted by atomic mass is 32.2. The molecule has 0 amide bonds. The first-order valence-electron chi connectivity index (χ1n) is 8.23. The number of benzene rings is 1. The van der Waals surface area contributed by atoms with Crippen LogP contribution in [0.3, 0.4) is 0 Å². The number of hydrogen-bond donors (Lipinski definition) is 1. The van der Waals surface area contributed by atoms with Crippen molar-refractivity contribution in [3.63, 3.8) is 0 Å². The Labute approximate surface area is 130 Å². The van der Waals surface area contributed by atoms with Crippen molar-refractivity contribution in [1.82, 2.24) is 0 Å². The zero-order chi connectivity index (χ0) is 14.6. The molecule has 0 spiro atoms. The molecule has 0 radical (unpaired) electrons. The van der Waals surface area contributed by atoms with Gasteiger partial charge in [-0.25, -0.2) is 0 Å². The van der Waals surface area contributed by atoms with Gasteiger partial charge in [-0.15, -0.1) is 0 Å². The Morgan fingerprint density at radius 1 is 1.24 bits per heavy atom. The van der Waals surface area contributed by atoms with Crippen LogP contribution in [-0.4, -0.2) is 11.2 Å². The maximum Gasteiger partial charge on any atom is 0.0812 e. The normalized spacial score (nSPS) is 41.3. The summed E-state index contributed by atoms with van der Waals surface area (Å²) in [5, 5.41) is 10.4. The van der Waals surface area contributed by atoms with E-state index in [0.29, 0.717) is 24.0 Å². The van der Waals surface area contributed by atoms with E-state index >= 15 is 0 Å². The Hall–Kier alpha value is -0.540. The van der Waals surface area contributed by atoms with Crippen molar-refractivity contribution in [2.75, 3.05) is 0 Å². The Morgan fingerprint density at radius 3 is 2.90 bits per heavy atom. The van der Waals surface area contributed by atoms with E-state index in [1.807, 2.05) is 12.1 Å². The van der Waals surface area contributed by atoms with Gasteiger partial charge < -0.3 is 5.11 Å². The summed E-state index contributed by atoms with van der Waals surface area (Å²) in [5.41, 5.74) is 2.97. The maximum atomic E-state index is 12.8. The van der Waals surface area contributed by atoms with E-state index in [1.54, 1.807) is 0 Å². The van der Waals surface area contributed by atoms with Gasteiger partial charge in [-0.05, 0) is 85.0 Å². The summed E-state index contributed by atoms with van der Waals surface area (Å²) < 4.78 is 12.8. The van der Waals surface area contributed by atoms with Crippen molar-refractivity contribution in [3.05, 3.63) is 29.3 Å². The van der Waals surface area contributed by atoms with Gasteiger partial charge in [0.15, 0.2) is 0 Å². The zero-order valence-corrected chi connectivity index (χ0v) is 13.3. The minimum atomic E-state index is -0.102. The van der Waals surface area contributed by atoms with Gasteiger partial charge in [0.25, 0.3) is 0 Å². The molecule has 0 aliphatic heterocycles. The molecule has 1 N–H and O–H groups in total. The molecular weight excluding hydrogens is 283 g/mol. The number of aliphatic hydroxyl groups is 1. The lowest BCUT2D eigenvalue weighted by atomic mass is 9.55. The van der Waals surface area contributed by atoms with Gasteiger partial charge in [0, 0.05) is 4.90 Å². The lowest BCUT2D eigenvalue weighted by Gasteiger charge is -2.50. The van der Waals surface area contributed by atoms with Crippen molar-refractivity contribution in [2.45, 2.75) is 62.4 Å². The highest BCUT2D eigenvalue weighted by Gasteiger charge is 2.54. The number of aliphatic hydroxyl groups excluding tert-OH is 1. The fraction of sp³-hybridized carbons (Fsp3) is 0.667. The van der Waals surface area contributed by atoms with Crippen LogP contribution in [-0.2, 0) is 6.42 Å². The summed E-state index contributed by atoms with van der Waals surface area (Å²) in [6, 6.07) is 6.15. The van der Waals surface area contributed by atoms with Crippen LogP contribution in [0.2, 0.25) is 0 Å². The third-order valence-electron chi connectivity index (χ3n) is 6.74. The Kier molecular flexibility index (Phi) is 3.34. The minimum Gasteiger partial charge on any atom is -0.393 e. The lowest BCUT2D eigenvalue weighted by Crippen LogP contribution is -2.43. The van der Waals surface area contributed by atoms with E-state index in [1.165, 1.54) is 30.4 Å². The summed E-state index contributed by atoms with van der Waals surface area (Å²) in [7, 11) is 0. The van der Waals surface area contributed by atoms with Crippen LogP contribution in [0, 0.1) is 17.3 Å². The van der Waals surface area contributed by atoms with Crippen LogP contribution in [0.25, 0.3) is 0 Å². The second kappa shape index (κ2) is 4.99. The van der Waals surface area contributed by atoms with E-state index in [-0.39, 0.29) is 11.5 Å². The van der Waals surface area contributed by atoms with Gasteiger partial charge >= 0.3 is 0 Å². The molecule has 0 saturated heterocycles. The van der Waals surface area contributed by atoms with E-state index in [9.17, 15) is 8.99 Å². The molecule has 5 atom stereocenters. The largest absolute Gasteiger partial charge is 0.393 e. The fourth-order valence-electron chi connectivity index (χ4n) is 5.58. The first-order chi connectivity index (χ1) is 10.1. The molecule has 114 valence electrons. The molecule has 1 nitrogen and oxygen atoms in total. The molecule has 1 aromatic rings. The highest BCUT2D eigenvalue weighted by molar-refractivity contribution is 7.94. The van der Waals surface area contributed by atoms with E-state index in [2.05, 4.69) is 13.0 Å². The highest BCUT2D eigenvalue weighted by Crippen LogP contribution is 2.60. The van der Waals surface area contributed by atoms with Crippen LogP contribution in [0.5, 0.6) is 0 Å². The van der Waals surface area contributed by atoms with E-state index in [0.717, 1.165) is 30.1 Å². The van der Waals surface area contributed by atoms with Crippen LogP contribution in [0.1, 0.15) is 56.1 Å². The second-order valence-electron chi connectivity index (χ2n) is 7.49. The third-order valence-corrected chi connectivity index (χ3v) is 7.17. The smallest absolute Gasteiger partial charge is 0.0812 e. The van der Waals surface area contributed by atoms with Gasteiger partial charge in [-0.3, -0.25) is 0 Å². The van der Waals surface area contributed by atoms with Crippen LogP contribution >= 0.6 is 12.1 Å². The quantitative estimate of drug-likeness (QED) is 0.798. The molecule has 0 aromatic heterocycles. The molecular formula is C18H23FOS. The summed E-state index contributed by atoms with van der Waals surface area (Å²) >= 11 is 0.353. The van der Waals surface area contributed by atoms with Crippen LogP contribution in [0.15, 0.2) is 23.1 Å². The number of halogens is 1. The van der Waals surface area contributed by atoms with Gasteiger partial charge in [0.2, 0.25) is 0 Å². The molecule has 1 aromatic carbocycles. The average molecular weight is 306 g/mol. The first kappa shape index (κ1) is 14.1. The first-order valence-corrected chi connectivity index (χ1v) is 8.94. The van der Waals surface area contributed by atoms with Gasteiger partial charge in [-0.2, -0.15) is 3.89 Å². The average Bonchev–Trinajstić information content (AvgIpc) is 2.82. The topological polar surface area (TPSA) is 20.2 Å². The summed E-state index contributed by atoms with van der Waals surface area (Å²) in [6.07, 6.45) is 6.68. The standard InChI is InChI=1S/C18H23FOS/c1-18-9-8-14-13-5-3-12(21-19)10-11(13)2-4-15(14)16(18)6-7-17(18)20/h3,5,10,14-17,20H,2,4,6-9H2,1H3/t14-,15?,16+,17?,18?/m1/s1. The zero-order valence-electron chi connectivity index (χ0n) is 12.5. The van der Waals surface area contributed by atoms with E-state index < -0.39 is 0 Å². The van der Waals surface area contributed by atoms with Crippen molar-refractivity contribution in [2.24, 2.45) is 17.3 Å². The molecule has 0 bridgehead atoms. The fourth-order valence-corrected chi connectivity index (χ4v) is 5.89. The van der Waals surface area contributed by atoms with Crippen LogP contribution in [0.4, 0.5) is 3.89 Å².